The first kappa shape index (κ1) is 17.9. The molecule has 0 saturated carbocycles. The van der Waals surface area contributed by atoms with Crippen LogP contribution in [0.5, 0.6) is 0 Å². The van der Waals surface area contributed by atoms with E-state index in [1.807, 2.05) is 19.1 Å². The van der Waals surface area contributed by atoms with Gasteiger partial charge in [0.2, 0.25) is 0 Å². The number of H-pyrrole nitrogens is 1. The van der Waals surface area contributed by atoms with Crippen LogP contribution in [0, 0.1) is 6.92 Å². The van der Waals surface area contributed by atoms with Crippen LogP contribution in [0.15, 0.2) is 35.2 Å². The number of carbonyl (C=O) groups is 1. The summed E-state index contributed by atoms with van der Waals surface area (Å²) < 4.78 is 0.883. The Morgan fingerprint density at radius 1 is 1.44 bits per heavy atom. The van der Waals surface area contributed by atoms with Gasteiger partial charge in [0.05, 0.1) is 21.2 Å². The van der Waals surface area contributed by atoms with Crippen LogP contribution in [0.4, 0.5) is 11.4 Å². The van der Waals surface area contributed by atoms with Crippen LogP contribution in [0.25, 0.3) is 11.0 Å². The van der Waals surface area contributed by atoms with Crippen molar-refractivity contribution in [3.63, 3.8) is 0 Å². The zero-order valence-corrected chi connectivity index (χ0v) is 16.6. The van der Waals surface area contributed by atoms with E-state index in [9.17, 15) is 4.79 Å². The fourth-order valence-corrected chi connectivity index (χ4v) is 4.13. The lowest BCUT2D eigenvalue weighted by molar-refractivity contribution is 0.102. The van der Waals surface area contributed by atoms with Gasteiger partial charge in [-0.25, -0.2) is 4.98 Å². The molecule has 0 spiro atoms. The van der Waals surface area contributed by atoms with Gasteiger partial charge in [0.25, 0.3) is 5.91 Å². The van der Waals surface area contributed by atoms with E-state index in [4.69, 9.17) is 5.73 Å². The average Bonchev–Trinajstić information content (AvgIpc) is 3.04. The smallest absolute Gasteiger partial charge is 0.274 e. The molecule has 1 aliphatic heterocycles. The maximum absolute atomic E-state index is 12.7. The number of nitrogens with one attached hydrogen (secondary N) is 2. The number of rotatable bonds is 3. The van der Waals surface area contributed by atoms with Crippen LogP contribution in [0.2, 0.25) is 0 Å². The Labute approximate surface area is 165 Å². The minimum absolute atomic E-state index is 0.141. The third-order valence-corrected chi connectivity index (χ3v) is 5.46. The molecule has 140 valence electrons. The zero-order valence-electron chi connectivity index (χ0n) is 15.0. The second-order valence-electron chi connectivity index (χ2n) is 6.85. The number of carbonyl (C=O) groups excluding carboxylic acids is 1. The summed E-state index contributed by atoms with van der Waals surface area (Å²) in [4.78, 5) is 26.8. The normalized spacial score (nSPS) is 17.3. The van der Waals surface area contributed by atoms with Crippen LogP contribution >= 0.6 is 15.9 Å². The summed E-state index contributed by atoms with van der Waals surface area (Å²) in [6.07, 6.45) is 7.24. The predicted molar refractivity (Wildman–Crippen MR) is 110 cm³/mol. The molecule has 8 heteroatoms. The van der Waals surface area contributed by atoms with Gasteiger partial charge in [0, 0.05) is 37.7 Å². The van der Waals surface area contributed by atoms with E-state index in [0.29, 0.717) is 11.4 Å². The molecule has 1 amide bonds. The number of hydrogen-bond acceptors (Lipinski definition) is 5. The first-order valence-electron chi connectivity index (χ1n) is 8.93. The Hall–Kier alpha value is -2.45. The van der Waals surface area contributed by atoms with Gasteiger partial charge in [-0.15, -0.1) is 0 Å². The quantitative estimate of drug-likeness (QED) is 0.594. The molecule has 1 saturated heterocycles. The molecule has 4 N–H and O–H groups in total. The number of hydrogen-bond donors (Lipinski definition) is 3. The molecule has 0 aliphatic carbocycles. The van der Waals surface area contributed by atoms with Gasteiger partial charge >= 0.3 is 0 Å². The summed E-state index contributed by atoms with van der Waals surface area (Å²) in [7, 11) is 0. The summed E-state index contributed by atoms with van der Waals surface area (Å²) in [6, 6.07) is 3.83. The largest absolute Gasteiger partial charge is 0.368 e. The van der Waals surface area contributed by atoms with Crippen molar-refractivity contribution >= 4 is 44.2 Å². The van der Waals surface area contributed by atoms with Gasteiger partial charge in [-0.2, -0.15) is 0 Å². The van der Waals surface area contributed by atoms with E-state index < -0.39 is 0 Å². The van der Waals surface area contributed by atoms with Crippen molar-refractivity contribution in [2.45, 2.75) is 25.8 Å². The number of nitrogens with two attached hydrogens (primary N) is 1. The van der Waals surface area contributed by atoms with Crippen molar-refractivity contribution in [1.29, 1.82) is 0 Å². The molecule has 27 heavy (non-hydrogen) atoms. The number of nitrogens with zero attached hydrogens (tertiary/aromatic N) is 3. The number of aromatic nitrogens is 3. The fourth-order valence-electron chi connectivity index (χ4n) is 3.58. The topological polar surface area (TPSA) is 99.9 Å². The van der Waals surface area contributed by atoms with Gasteiger partial charge in [-0.3, -0.25) is 9.78 Å². The lowest BCUT2D eigenvalue weighted by Crippen LogP contribution is -2.43. The number of piperidine rings is 1. The molecule has 3 aromatic heterocycles. The number of fused-ring (bicyclic) bond motifs is 1. The third-order valence-electron chi connectivity index (χ3n) is 4.88. The number of aromatic amines is 1. The van der Waals surface area contributed by atoms with Gasteiger partial charge in [-0.1, -0.05) is 6.07 Å². The number of anilines is 2. The standard InChI is InChI=1S/C19H21BrN6O/c1-11-4-2-6-22-16(11)19(27)25-14-9-24-18-15(14)17(13(20)8-23-18)26-7-3-5-12(21)10-26/h2,4,6,8-9,12H,3,5,7,10,21H2,1H3,(H,23,24)(H,25,27)/t12-/m1/s1. The second kappa shape index (κ2) is 7.28. The molecular weight excluding hydrogens is 408 g/mol. The summed E-state index contributed by atoms with van der Waals surface area (Å²) >= 11 is 3.63. The molecule has 0 bridgehead atoms. The van der Waals surface area contributed by atoms with E-state index in [0.717, 1.165) is 52.7 Å². The highest BCUT2D eigenvalue weighted by Crippen LogP contribution is 2.38. The third kappa shape index (κ3) is 3.42. The summed E-state index contributed by atoms with van der Waals surface area (Å²) in [5.41, 5.74) is 9.84. The molecule has 1 aliphatic rings. The van der Waals surface area contributed by atoms with Crippen molar-refractivity contribution in [3.8, 4) is 0 Å². The lowest BCUT2D eigenvalue weighted by atomic mass is 10.1. The number of pyridine rings is 2. The Bertz CT molecular complexity index is 1000. The van der Waals surface area contributed by atoms with E-state index in [2.05, 4.69) is 41.1 Å². The fraction of sp³-hybridized carbons (Fsp3) is 0.316. The average molecular weight is 429 g/mol. The molecule has 1 fully saturated rings. The van der Waals surface area contributed by atoms with Crippen LogP contribution in [0.1, 0.15) is 28.9 Å². The summed E-state index contributed by atoms with van der Waals surface area (Å²) in [5, 5.41) is 3.86. The predicted octanol–water partition coefficient (Wildman–Crippen LogP) is 3.21. The highest BCUT2D eigenvalue weighted by atomic mass is 79.9. The van der Waals surface area contributed by atoms with Gasteiger partial charge in [0.15, 0.2) is 0 Å². The molecule has 4 heterocycles. The van der Waals surface area contributed by atoms with Crippen LogP contribution in [0.3, 0.4) is 0 Å². The number of halogens is 1. The molecule has 4 rings (SSSR count). The van der Waals surface area contributed by atoms with Crippen molar-refractivity contribution in [2.75, 3.05) is 23.3 Å². The Kier molecular flexibility index (Phi) is 4.84. The zero-order chi connectivity index (χ0) is 19.0. The first-order valence-corrected chi connectivity index (χ1v) is 9.73. The van der Waals surface area contributed by atoms with Crippen molar-refractivity contribution < 1.29 is 4.79 Å². The summed E-state index contributed by atoms with van der Waals surface area (Å²) in [5.74, 6) is -0.240. The van der Waals surface area contributed by atoms with Crippen LogP contribution < -0.4 is 16.0 Å². The van der Waals surface area contributed by atoms with E-state index >= 15 is 0 Å². The Balaban J connectivity index is 1.75. The minimum atomic E-state index is -0.240. The molecule has 1 atom stereocenters. The highest BCUT2D eigenvalue weighted by molar-refractivity contribution is 9.10. The molecule has 0 aromatic carbocycles. The van der Waals surface area contributed by atoms with Crippen LogP contribution in [-0.2, 0) is 0 Å². The van der Waals surface area contributed by atoms with Crippen molar-refractivity contribution in [1.82, 2.24) is 15.0 Å². The van der Waals surface area contributed by atoms with Gasteiger partial charge < -0.3 is 20.9 Å². The van der Waals surface area contributed by atoms with Crippen molar-refractivity contribution in [2.24, 2.45) is 5.73 Å². The molecule has 3 aromatic rings. The monoisotopic (exact) mass is 428 g/mol. The second-order valence-corrected chi connectivity index (χ2v) is 7.71. The molecule has 0 radical (unpaired) electrons. The lowest BCUT2D eigenvalue weighted by Gasteiger charge is -2.33. The maximum Gasteiger partial charge on any atom is 0.274 e. The van der Waals surface area contributed by atoms with E-state index in [1.165, 1.54) is 0 Å². The minimum Gasteiger partial charge on any atom is -0.368 e. The number of amides is 1. The summed E-state index contributed by atoms with van der Waals surface area (Å²) in [6.45, 7) is 3.56. The SMILES string of the molecule is Cc1cccnc1C(=O)Nc1c[nH]c2ncc(Br)c(N3CCC[C@@H](N)C3)c12. The van der Waals surface area contributed by atoms with Crippen molar-refractivity contribution in [3.05, 3.63) is 46.5 Å². The number of aryl methyl sites for hydroxylation is 1. The van der Waals surface area contributed by atoms with Crippen LogP contribution in [-0.4, -0.2) is 40.0 Å². The Morgan fingerprint density at radius 2 is 2.30 bits per heavy atom. The maximum atomic E-state index is 12.7. The highest BCUT2D eigenvalue weighted by Gasteiger charge is 2.24. The van der Waals surface area contributed by atoms with E-state index in [-0.39, 0.29) is 11.9 Å². The molecule has 7 nitrogen and oxygen atoms in total. The first-order chi connectivity index (χ1) is 13.0. The van der Waals surface area contributed by atoms with Gasteiger partial charge in [0.1, 0.15) is 11.3 Å². The van der Waals surface area contributed by atoms with Gasteiger partial charge in [-0.05, 0) is 47.3 Å². The van der Waals surface area contributed by atoms with E-state index in [1.54, 1.807) is 18.6 Å². The Morgan fingerprint density at radius 3 is 3.07 bits per heavy atom. The molecular formula is C19H21BrN6O. The molecule has 0 unspecified atom stereocenters.